The van der Waals surface area contributed by atoms with Crippen molar-refractivity contribution in [2.75, 3.05) is 51.7 Å². The maximum atomic E-state index is 12.6. The van der Waals surface area contributed by atoms with E-state index < -0.39 is 5.97 Å². The SMILES string of the molecule is CC[NH+]1CC[NH+](CC(=O)Nc2c(C(=O)OC)[nH]c3cccc(Cl)c23)CC1. The van der Waals surface area contributed by atoms with E-state index >= 15 is 0 Å². The Morgan fingerprint density at radius 2 is 1.92 bits per heavy atom. The van der Waals surface area contributed by atoms with E-state index in [0.717, 1.165) is 32.7 Å². The summed E-state index contributed by atoms with van der Waals surface area (Å²) >= 11 is 6.30. The van der Waals surface area contributed by atoms with Crippen LogP contribution >= 0.6 is 11.6 Å². The van der Waals surface area contributed by atoms with Crippen molar-refractivity contribution in [3.63, 3.8) is 0 Å². The van der Waals surface area contributed by atoms with Crippen molar-refractivity contribution in [2.45, 2.75) is 6.92 Å². The van der Waals surface area contributed by atoms with E-state index in [1.54, 1.807) is 23.1 Å². The zero-order valence-corrected chi connectivity index (χ0v) is 15.8. The molecular formula is C18H25ClN4O3+2. The number of amides is 1. The predicted molar refractivity (Wildman–Crippen MR) is 100 cm³/mol. The minimum Gasteiger partial charge on any atom is -0.464 e. The number of methoxy groups -OCH3 is 1. The summed E-state index contributed by atoms with van der Waals surface area (Å²) in [6, 6.07) is 5.32. The zero-order chi connectivity index (χ0) is 18.7. The first-order chi connectivity index (χ1) is 12.5. The molecule has 0 saturated carbocycles. The summed E-state index contributed by atoms with van der Waals surface area (Å²) in [5, 5.41) is 3.97. The summed E-state index contributed by atoms with van der Waals surface area (Å²) in [6.07, 6.45) is 0. The molecule has 1 aliphatic rings. The van der Waals surface area contributed by atoms with Gasteiger partial charge in [0.2, 0.25) is 0 Å². The van der Waals surface area contributed by atoms with Gasteiger partial charge >= 0.3 is 5.97 Å². The molecule has 3 rings (SSSR count). The highest BCUT2D eigenvalue weighted by molar-refractivity contribution is 6.37. The van der Waals surface area contributed by atoms with Gasteiger partial charge in [-0.3, -0.25) is 4.79 Å². The predicted octanol–water partition coefficient (Wildman–Crippen LogP) is -0.650. The smallest absolute Gasteiger partial charge is 0.356 e. The van der Waals surface area contributed by atoms with Gasteiger partial charge in [-0.25, -0.2) is 4.79 Å². The second kappa shape index (κ2) is 8.07. The normalized spacial score (nSPS) is 20.1. The van der Waals surface area contributed by atoms with Crippen LogP contribution in [0.5, 0.6) is 0 Å². The summed E-state index contributed by atoms with van der Waals surface area (Å²) in [4.78, 5) is 30.5. The maximum Gasteiger partial charge on any atom is 0.356 e. The van der Waals surface area contributed by atoms with Crippen LogP contribution in [-0.2, 0) is 9.53 Å². The van der Waals surface area contributed by atoms with Gasteiger partial charge in [-0.2, -0.15) is 0 Å². The van der Waals surface area contributed by atoms with Crippen LogP contribution in [0.3, 0.4) is 0 Å². The number of nitrogens with one attached hydrogen (secondary N) is 4. The molecule has 26 heavy (non-hydrogen) atoms. The monoisotopic (exact) mass is 380 g/mol. The third kappa shape index (κ3) is 3.85. The Balaban J connectivity index is 1.79. The number of fused-ring (bicyclic) bond motifs is 1. The molecule has 0 aliphatic carbocycles. The fraction of sp³-hybridized carbons (Fsp3) is 0.444. The molecule has 0 atom stereocenters. The molecule has 8 heteroatoms. The highest BCUT2D eigenvalue weighted by Gasteiger charge is 2.26. The second-order valence-corrected chi connectivity index (χ2v) is 7.01. The van der Waals surface area contributed by atoms with E-state index in [-0.39, 0.29) is 11.6 Å². The number of aromatic amines is 1. The molecule has 1 fully saturated rings. The van der Waals surface area contributed by atoms with Crippen molar-refractivity contribution in [1.82, 2.24) is 4.98 Å². The third-order valence-electron chi connectivity index (χ3n) is 5.00. The van der Waals surface area contributed by atoms with Gasteiger partial charge in [0.05, 0.1) is 24.4 Å². The van der Waals surface area contributed by atoms with Gasteiger partial charge in [0, 0.05) is 10.9 Å². The molecule has 0 radical (unpaired) electrons. The first-order valence-electron chi connectivity index (χ1n) is 8.89. The van der Waals surface area contributed by atoms with E-state index in [1.807, 2.05) is 0 Å². The van der Waals surface area contributed by atoms with Crippen LogP contribution in [0.1, 0.15) is 17.4 Å². The number of carbonyl (C=O) groups excluding carboxylic acids is 2. The summed E-state index contributed by atoms with van der Waals surface area (Å²) in [5.74, 6) is -0.675. The molecule has 2 heterocycles. The Morgan fingerprint density at radius 1 is 1.23 bits per heavy atom. The molecule has 1 amide bonds. The fourth-order valence-electron chi connectivity index (χ4n) is 3.48. The lowest BCUT2D eigenvalue weighted by molar-refractivity contribution is -1.01. The Bertz CT molecular complexity index is 812. The number of hydrogen-bond donors (Lipinski definition) is 4. The topological polar surface area (TPSA) is 80.1 Å². The number of piperazine rings is 1. The largest absolute Gasteiger partial charge is 0.464 e. The van der Waals surface area contributed by atoms with Crippen molar-refractivity contribution in [3.05, 3.63) is 28.9 Å². The number of ether oxygens (including phenoxy) is 1. The Kier molecular flexibility index (Phi) is 5.80. The van der Waals surface area contributed by atoms with E-state index in [9.17, 15) is 9.59 Å². The number of benzene rings is 1. The third-order valence-corrected chi connectivity index (χ3v) is 5.32. The molecule has 140 valence electrons. The Morgan fingerprint density at radius 3 is 2.58 bits per heavy atom. The molecule has 0 spiro atoms. The Labute approximate surface area is 157 Å². The van der Waals surface area contributed by atoms with Crippen LogP contribution in [0.25, 0.3) is 10.9 Å². The minimum absolute atomic E-state index is 0.133. The van der Waals surface area contributed by atoms with E-state index in [1.165, 1.54) is 12.0 Å². The quantitative estimate of drug-likeness (QED) is 0.520. The van der Waals surface area contributed by atoms with Gasteiger partial charge in [0.15, 0.2) is 6.54 Å². The number of hydrogen-bond acceptors (Lipinski definition) is 3. The number of likely N-dealkylation sites (N-methyl/N-ethyl adjacent to an activating group) is 1. The van der Waals surface area contributed by atoms with Crippen LogP contribution in [0.2, 0.25) is 5.02 Å². The van der Waals surface area contributed by atoms with Gasteiger partial charge in [0.25, 0.3) is 5.91 Å². The molecule has 1 aromatic heterocycles. The average molecular weight is 381 g/mol. The summed E-state index contributed by atoms with van der Waals surface area (Å²) in [7, 11) is 1.31. The number of aromatic nitrogens is 1. The van der Waals surface area contributed by atoms with Crippen molar-refractivity contribution in [1.29, 1.82) is 0 Å². The number of esters is 1. The molecular weight excluding hydrogens is 356 g/mol. The molecule has 1 saturated heterocycles. The lowest BCUT2D eigenvalue weighted by atomic mass is 10.2. The van der Waals surface area contributed by atoms with Crippen LogP contribution in [0.15, 0.2) is 18.2 Å². The van der Waals surface area contributed by atoms with Gasteiger partial charge in [-0.05, 0) is 19.1 Å². The zero-order valence-electron chi connectivity index (χ0n) is 15.1. The van der Waals surface area contributed by atoms with Crippen LogP contribution in [-0.4, -0.2) is 63.2 Å². The molecule has 0 unspecified atom stereocenters. The van der Waals surface area contributed by atoms with Crippen LogP contribution < -0.4 is 15.1 Å². The molecule has 2 aromatic rings. The first kappa shape index (κ1) is 18.7. The number of H-pyrrole nitrogens is 1. The summed E-state index contributed by atoms with van der Waals surface area (Å²) in [5.41, 5.74) is 1.28. The van der Waals surface area contributed by atoms with Crippen molar-refractivity contribution in [2.24, 2.45) is 0 Å². The standard InChI is InChI=1S/C18H23ClN4O3/c1-3-22-7-9-23(10-8-22)11-14(24)21-16-15-12(19)5-4-6-13(15)20-17(16)18(25)26-2/h4-6,20H,3,7-11H2,1-2H3,(H,21,24)/p+2. The fourth-order valence-corrected chi connectivity index (χ4v) is 3.75. The van der Waals surface area contributed by atoms with Crippen LogP contribution in [0, 0.1) is 0 Å². The summed E-state index contributed by atoms with van der Waals surface area (Å²) < 4.78 is 4.83. The number of anilines is 1. The first-order valence-corrected chi connectivity index (χ1v) is 9.26. The Hall–Kier alpha value is -2.09. The lowest BCUT2D eigenvalue weighted by Gasteiger charge is -2.28. The van der Waals surface area contributed by atoms with Gasteiger partial charge in [-0.1, -0.05) is 17.7 Å². The average Bonchev–Trinajstić information content (AvgIpc) is 3.01. The molecule has 1 aliphatic heterocycles. The van der Waals surface area contributed by atoms with E-state index in [2.05, 4.69) is 17.2 Å². The van der Waals surface area contributed by atoms with Crippen molar-refractivity contribution >= 4 is 40.1 Å². The van der Waals surface area contributed by atoms with Gasteiger partial charge < -0.3 is 24.8 Å². The summed E-state index contributed by atoms with van der Waals surface area (Å²) in [6.45, 7) is 7.76. The molecule has 4 N–H and O–H groups in total. The molecule has 7 nitrogen and oxygen atoms in total. The second-order valence-electron chi connectivity index (χ2n) is 6.61. The van der Waals surface area contributed by atoms with Crippen molar-refractivity contribution < 1.29 is 24.1 Å². The van der Waals surface area contributed by atoms with Gasteiger partial charge in [-0.15, -0.1) is 0 Å². The minimum atomic E-state index is -0.542. The van der Waals surface area contributed by atoms with E-state index in [4.69, 9.17) is 16.3 Å². The van der Waals surface area contributed by atoms with E-state index in [0.29, 0.717) is 28.2 Å². The highest BCUT2D eigenvalue weighted by Crippen LogP contribution is 2.33. The number of quaternary nitrogens is 2. The molecule has 0 bridgehead atoms. The van der Waals surface area contributed by atoms with Crippen molar-refractivity contribution in [3.8, 4) is 0 Å². The van der Waals surface area contributed by atoms with Gasteiger partial charge in [0.1, 0.15) is 31.9 Å². The number of halogens is 1. The van der Waals surface area contributed by atoms with Crippen LogP contribution in [0.4, 0.5) is 5.69 Å². The number of rotatable bonds is 5. The lowest BCUT2D eigenvalue weighted by Crippen LogP contribution is -3.28. The number of carbonyl (C=O) groups is 2. The molecule has 1 aromatic carbocycles. The maximum absolute atomic E-state index is 12.6. The highest BCUT2D eigenvalue weighted by atomic mass is 35.5.